The minimum atomic E-state index is -5.05. The van der Waals surface area contributed by atoms with Gasteiger partial charge in [0.25, 0.3) is 6.43 Å². The van der Waals surface area contributed by atoms with Crippen LogP contribution in [0.3, 0.4) is 0 Å². The lowest BCUT2D eigenvalue weighted by atomic mass is 10.1. The van der Waals surface area contributed by atoms with Crippen LogP contribution in [-0.4, -0.2) is 24.7 Å². The molecule has 1 rings (SSSR count). The highest BCUT2D eigenvalue weighted by Gasteiger charge is 2.40. The third-order valence-electron chi connectivity index (χ3n) is 2.41. The number of halogens is 5. The molecule has 0 aliphatic carbocycles. The molecule has 0 N–H and O–H groups in total. The highest BCUT2D eigenvalue weighted by Crippen LogP contribution is 2.41. The van der Waals surface area contributed by atoms with Gasteiger partial charge in [0.2, 0.25) is 5.88 Å². The van der Waals surface area contributed by atoms with Crippen molar-refractivity contribution in [3.63, 3.8) is 0 Å². The Kier molecular flexibility index (Phi) is 5.45. The van der Waals surface area contributed by atoms with Gasteiger partial charge < -0.3 is 9.47 Å². The van der Waals surface area contributed by atoms with Gasteiger partial charge in [0.1, 0.15) is 5.56 Å². The average molecular weight is 313 g/mol. The Balaban J connectivity index is 3.33. The number of aromatic nitrogens is 1. The van der Waals surface area contributed by atoms with Crippen molar-refractivity contribution in [2.75, 3.05) is 13.7 Å². The van der Waals surface area contributed by atoms with Crippen LogP contribution in [0, 0.1) is 0 Å². The molecule has 0 amide bonds. The summed E-state index contributed by atoms with van der Waals surface area (Å²) >= 11 is 0. The lowest BCUT2D eigenvalue weighted by Gasteiger charge is -2.16. The van der Waals surface area contributed by atoms with E-state index in [-0.39, 0.29) is 12.3 Å². The zero-order chi connectivity index (χ0) is 16.2. The molecule has 0 fully saturated rings. The molecular weight excluding hydrogens is 301 g/mol. The first-order valence-electron chi connectivity index (χ1n) is 5.79. The van der Waals surface area contributed by atoms with Crippen LogP contribution in [0.2, 0.25) is 0 Å². The third-order valence-corrected chi connectivity index (χ3v) is 2.41. The van der Waals surface area contributed by atoms with Gasteiger partial charge in [-0.15, -0.1) is 0 Å². The van der Waals surface area contributed by atoms with Crippen molar-refractivity contribution < 1.29 is 36.2 Å². The van der Waals surface area contributed by atoms with Crippen LogP contribution in [0.15, 0.2) is 6.07 Å². The fraction of sp³-hybridized carbons (Fsp3) is 0.500. The van der Waals surface area contributed by atoms with Crippen LogP contribution in [-0.2, 0) is 22.1 Å². The third kappa shape index (κ3) is 4.27. The molecule has 1 aromatic rings. The van der Waals surface area contributed by atoms with Gasteiger partial charge >= 0.3 is 12.1 Å². The number of hydrogen-bond acceptors (Lipinski definition) is 4. The molecule has 4 nitrogen and oxygen atoms in total. The van der Waals surface area contributed by atoms with Crippen molar-refractivity contribution in [3.05, 3.63) is 22.9 Å². The van der Waals surface area contributed by atoms with E-state index in [0.717, 1.165) is 7.11 Å². The van der Waals surface area contributed by atoms with Crippen molar-refractivity contribution in [2.24, 2.45) is 0 Å². The van der Waals surface area contributed by atoms with Crippen molar-refractivity contribution in [1.29, 1.82) is 0 Å². The van der Waals surface area contributed by atoms with Crippen LogP contribution in [0.5, 0.6) is 5.88 Å². The zero-order valence-electron chi connectivity index (χ0n) is 11.1. The van der Waals surface area contributed by atoms with E-state index in [9.17, 15) is 26.7 Å². The first-order valence-corrected chi connectivity index (χ1v) is 5.79. The standard InChI is InChI=1S/C12H12F5NO3/c1-3-21-8(19)5-6-4-7(10(13)14)9(12(15,16)17)11(18-6)20-2/h4,10H,3,5H2,1-2H3. The summed E-state index contributed by atoms with van der Waals surface area (Å²) in [4.78, 5) is 14.7. The Morgan fingerprint density at radius 3 is 2.43 bits per heavy atom. The first kappa shape index (κ1) is 17.1. The molecule has 1 heterocycles. The summed E-state index contributed by atoms with van der Waals surface area (Å²) < 4.78 is 73.2. The largest absolute Gasteiger partial charge is 0.481 e. The smallest absolute Gasteiger partial charge is 0.422 e. The second-order valence-electron chi connectivity index (χ2n) is 3.87. The number of carbonyl (C=O) groups is 1. The molecule has 9 heteroatoms. The molecule has 0 aromatic carbocycles. The van der Waals surface area contributed by atoms with Crippen molar-refractivity contribution >= 4 is 5.97 Å². The molecular formula is C12H12F5NO3. The number of alkyl halides is 5. The fourth-order valence-electron chi connectivity index (χ4n) is 1.65. The second-order valence-corrected chi connectivity index (χ2v) is 3.87. The first-order chi connectivity index (χ1) is 9.70. The van der Waals surface area contributed by atoms with Crippen LogP contribution >= 0.6 is 0 Å². The fourth-order valence-corrected chi connectivity index (χ4v) is 1.65. The number of methoxy groups -OCH3 is 1. The van der Waals surface area contributed by atoms with Gasteiger partial charge in [-0.1, -0.05) is 0 Å². The van der Waals surface area contributed by atoms with E-state index in [0.29, 0.717) is 6.07 Å². The molecule has 0 bridgehead atoms. The number of rotatable bonds is 5. The lowest BCUT2D eigenvalue weighted by molar-refractivity contribution is -0.142. The van der Waals surface area contributed by atoms with Gasteiger partial charge in [-0.05, 0) is 13.0 Å². The van der Waals surface area contributed by atoms with Gasteiger partial charge in [-0.3, -0.25) is 4.79 Å². The normalized spacial score (nSPS) is 11.6. The van der Waals surface area contributed by atoms with Crippen LogP contribution in [0.4, 0.5) is 22.0 Å². The average Bonchev–Trinajstić information content (AvgIpc) is 2.36. The number of esters is 1. The predicted octanol–water partition coefficient (Wildman–Crippen LogP) is 3.15. The molecule has 0 radical (unpaired) electrons. The molecule has 0 spiro atoms. The summed E-state index contributed by atoms with van der Waals surface area (Å²) in [5.41, 5.74) is -3.21. The van der Waals surface area contributed by atoms with Crippen molar-refractivity contribution in [2.45, 2.75) is 25.9 Å². The number of nitrogens with zero attached hydrogens (tertiary/aromatic N) is 1. The van der Waals surface area contributed by atoms with E-state index < -0.39 is 42.0 Å². The molecule has 0 unspecified atom stereocenters. The quantitative estimate of drug-likeness (QED) is 0.619. The Morgan fingerprint density at radius 1 is 1.38 bits per heavy atom. The summed E-state index contributed by atoms with van der Waals surface area (Å²) in [5.74, 6) is -1.79. The summed E-state index contributed by atoms with van der Waals surface area (Å²) in [5, 5.41) is 0. The highest BCUT2D eigenvalue weighted by atomic mass is 19.4. The van der Waals surface area contributed by atoms with E-state index in [1.165, 1.54) is 6.92 Å². The maximum atomic E-state index is 12.8. The number of hydrogen-bond donors (Lipinski definition) is 0. The summed E-state index contributed by atoms with van der Waals surface area (Å²) in [6.45, 7) is 1.58. The van der Waals surface area contributed by atoms with E-state index >= 15 is 0 Å². The Morgan fingerprint density at radius 2 is 2.00 bits per heavy atom. The minimum absolute atomic E-state index is 0.0539. The van der Waals surface area contributed by atoms with Crippen LogP contribution in [0.1, 0.15) is 30.2 Å². The van der Waals surface area contributed by atoms with Gasteiger partial charge in [-0.25, -0.2) is 13.8 Å². The lowest BCUT2D eigenvalue weighted by Crippen LogP contribution is -2.16. The van der Waals surface area contributed by atoms with Gasteiger partial charge in [-0.2, -0.15) is 13.2 Å². The van der Waals surface area contributed by atoms with E-state index in [1.807, 2.05) is 0 Å². The number of pyridine rings is 1. The Bertz CT molecular complexity index is 516. The van der Waals surface area contributed by atoms with E-state index in [1.54, 1.807) is 0 Å². The highest BCUT2D eigenvalue weighted by molar-refractivity contribution is 5.72. The van der Waals surface area contributed by atoms with Gasteiger partial charge in [0.15, 0.2) is 0 Å². The molecule has 0 aliphatic heterocycles. The molecule has 1 aromatic heterocycles. The number of ether oxygens (including phenoxy) is 2. The topological polar surface area (TPSA) is 48.4 Å². The molecule has 0 atom stereocenters. The summed E-state index contributed by atoms with van der Waals surface area (Å²) in [6, 6.07) is 0.535. The van der Waals surface area contributed by atoms with Crippen LogP contribution < -0.4 is 4.74 Å². The van der Waals surface area contributed by atoms with Crippen molar-refractivity contribution in [1.82, 2.24) is 4.98 Å². The maximum absolute atomic E-state index is 12.8. The Labute approximate surface area is 116 Å². The molecule has 118 valence electrons. The predicted molar refractivity (Wildman–Crippen MR) is 61.1 cm³/mol. The monoisotopic (exact) mass is 313 g/mol. The molecule has 0 aliphatic rings. The van der Waals surface area contributed by atoms with Gasteiger partial charge in [0.05, 0.1) is 25.8 Å². The van der Waals surface area contributed by atoms with Crippen LogP contribution in [0.25, 0.3) is 0 Å². The van der Waals surface area contributed by atoms with Crippen molar-refractivity contribution in [3.8, 4) is 5.88 Å². The molecule has 0 saturated carbocycles. The van der Waals surface area contributed by atoms with E-state index in [4.69, 9.17) is 0 Å². The molecule has 0 saturated heterocycles. The zero-order valence-corrected chi connectivity index (χ0v) is 11.1. The summed E-state index contributed by atoms with van der Waals surface area (Å²) in [7, 11) is 0.876. The van der Waals surface area contributed by atoms with E-state index in [2.05, 4.69) is 14.5 Å². The number of carbonyl (C=O) groups excluding carboxylic acids is 1. The summed E-state index contributed by atoms with van der Waals surface area (Å²) in [6.07, 6.45) is -8.96. The minimum Gasteiger partial charge on any atom is -0.481 e. The Hall–Kier alpha value is -1.93. The second kappa shape index (κ2) is 6.68. The SMILES string of the molecule is CCOC(=O)Cc1cc(C(F)F)c(C(F)(F)F)c(OC)n1. The molecule has 21 heavy (non-hydrogen) atoms. The maximum Gasteiger partial charge on any atom is 0.422 e. The van der Waals surface area contributed by atoms with Gasteiger partial charge in [0, 0.05) is 5.56 Å².